The Morgan fingerprint density at radius 2 is 1.67 bits per heavy atom. The molecule has 2 aliphatic rings. The van der Waals surface area contributed by atoms with Crippen LogP contribution in [0.4, 0.5) is 11.4 Å². The molecule has 0 radical (unpaired) electrons. The second-order valence-electron chi connectivity index (χ2n) is 10.5. The zero-order chi connectivity index (χ0) is 27.9. The maximum absolute atomic E-state index is 13.3. The third kappa shape index (κ3) is 4.62. The molecule has 198 valence electrons. The molecule has 6 nitrogen and oxygen atoms in total. The van der Waals surface area contributed by atoms with Crippen molar-refractivity contribution >= 4 is 41.0 Å². The molecule has 0 spiro atoms. The number of nitrogens with zero attached hydrogens (tertiary/aromatic N) is 2. The highest BCUT2D eigenvalue weighted by molar-refractivity contribution is 6.58. The van der Waals surface area contributed by atoms with Gasteiger partial charge in [0, 0.05) is 53.2 Å². The van der Waals surface area contributed by atoms with Crippen molar-refractivity contribution in [1.82, 2.24) is 0 Å². The van der Waals surface area contributed by atoms with E-state index in [1.165, 1.54) is 0 Å². The number of hydrogen-bond acceptors (Lipinski definition) is 5. The second-order valence-corrected chi connectivity index (χ2v) is 10.5. The number of anilines is 1. The molecule has 0 saturated carbocycles. The van der Waals surface area contributed by atoms with Crippen molar-refractivity contribution in [2.75, 3.05) is 18.0 Å². The van der Waals surface area contributed by atoms with E-state index in [9.17, 15) is 19.9 Å². The lowest BCUT2D eigenvalue weighted by atomic mass is 9.77. The molecule has 0 saturated heterocycles. The quantitative estimate of drug-likeness (QED) is 0.271. The Kier molecular flexibility index (Phi) is 7.06. The van der Waals surface area contributed by atoms with Gasteiger partial charge in [0.1, 0.15) is 0 Å². The van der Waals surface area contributed by atoms with Gasteiger partial charge in [-0.25, -0.2) is 0 Å². The van der Waals surface area contributed by atoms with Crippen molar-refractivity contribution < 1.29 is 24.5 Å². The van der Waals surface area contributed by atoms with Crippen LogP contribution in [0.15, 0.2) is 90.2 Å². The van der Waals surface area contributed by atoms with Crippen LogP contribution in [-0.2, 0) is 16.8 Å². The SMILES string of the molecule is CCN(CC)c1ccc(C2=C([O-])/C(=C\C3=[N+](Cc4cccc(B(O)O)c4)c4ccccc4C3(C)C)C2=O)cc1. The van der Waals surface area contributed by atoms with E-state index in [2.05, 4.69) is 43.2 Å². The van der Waals surface area contributed by atoms with Gasteiger partial charge >= 0.3 is 7.12 Å². The minimum absolute atomic E-state index is 0.193. The van der Waals surface area contributed by atoms with Gasteiger partial charge in [-0.2, -0.15) is 4.58 Å². The van der Waals surface area contributed by atoms with Crippen LogP contribution in [-0.4, -0.2) is 46.3 Å². The van der Waals surface area contributed by atoms with Gasteiger partial charge in [0.25, 0.3) is 0 Å². The normalized spacial score (nSPS) is 17.0. The summed E-state index contributed by atoms with van der Waals surface area (Å²) in [6.07, 6.45) is 1.75. The van der Waals surface area contributed by atoms with E-state index in [4.69, 9.17) is 0 Å². The number of rotatable bonds is 8. The summed E-state index contributed by atoms with van der Waals surface area (Å²) < 4.78 is 2.11. The Bertz CT molecular complexity index is 1530. The van der Waals surface area contributed by atoms with Gasteiger partial charge in [-0.05, 0) is 50.9 Å². The molecule has 1 heterocycles. The molecule has 39 heavy (non-hydrogen) atoms. The molecular weight excluding hydrogens is 487 g/mol. The first-order valence-corrected chi connectivity index (χ1v) is 13.4. The third-order valence-corrected chi connectivity index (χ3v) is 7.90. The number of Topliss-reactive ketones (excluding diaryl/α,β-unsaturated/α-hetero) is 1. The van der Waals surface area contributed by atoms with Gasteiger partial charge in [-0.15, -0.1) is 0 Å². The summed E-state index contributed by atoms with van der Waals surface area (Å²) in [6, 6.07) is 22.8. The summed E-state index contributed by atoms with van der Waals surface area (Å²) in [6.45, 7) is 10.6. The molecule has 2 N–H and O–H groups in total. The van der Waals surface area contributed by atoms with Gasteiger partial charge in [-0.1, -0.05) is 60.4 Å². The molecule has 0 atom stereocenters. The number of para-hydroxylation sites is 1. The first kappa shape index (κ1) is 26.7. The van der Waals surface area contributed by atoms with Crippen LogP contribution in [0.25, 0.3) is 5.57 Å². The average Bonchev–Trinajstić information content (AvgIpc) is 3.14. The molecule has 3 aromatic rings. The number of benzene rings is 3. The molecule has 3 aromatic carbocycles. The van der Waals surface area contributed by atoms with Crippen LogP contribution in [0.3, 0.4) is 0 Å². The van der Waals surface area contributed by atoms with E-state index in [0.717, 1.165) is 41.3 Å². The maximum atomic E-state index is 13.3. The van der Waals surface area contributed by atoms with E-state index in [1.807, 2.05) is 48.5 Å². The number of allylic oxidation sites excluding steroid dienone is 3. The number of carbonyl (C=O) groups excluding carboxylic acids is 1. The topological polar surface area (TPSA) is 86.8 Å². The minimum Gasteiger partial charge on any atom is -0.871 e. The largest absolute Gasteiger partial charge is 0.871 e. The van der Waals surface area contributed by atoms with Crippen molar-refractivity contribution in [3.05, 3.63) is 107 Å². The Labute approximate surface area is 230 Å². The van der Waals surface area contributed by atoms with Gasteiger partial charge in [0.05, 0.1) is 5.41 Å². The summed E-state index contributed by atoms with van der Waals surface area (Å²) in [5, 5.41) is 32.6. The van der Waals surface area contributed by atoms with E-state index < -0.39 is 12.5 Å². The zero-order valence-electron chi connectivity index (χ0n) is 22.8. The Morgan fingerprint density at radius 3 is 2.31 bits per heavy atom. The molecular formula is C32H33BN2O4. The highest BCUT2D eigenvalue weighted by Gasteiger charge is 2.45. The molecule has 0 aromatic heterocycles. The Morgan fingerprint density at radius 1 is 0.974 bits per heavy atom. The lowest BCUT2D eigenvalue weighted by Gasteiger charge is -2.31. The molecule has 1 aliphatic heterocycles. The molecule has 7 heteroatoms. The summed E-state index contributed by atoms with van der Waals surface area (Å²) in [5.74, 6) is -0.472. The summed E-state index contributed by atoms with van der Waals surface area (Å²) >= 11 is 0. The second kappa shape index (κ2) is 10.3. The van der Waals surface area contributed by atoms with E-state index in [1.54, 1.807) is 24.3 Å². The van der Waals surface area contributed by atoms with E-state index in [0.29, 0.717) is 17.6 Å². The fourth-order valence-electron chi connectivity index (χ4n) is 5.68. The van der Waals surface area contributed by atoms with Crippen molar-refractivity contribution in [2.45, 2.75) is 39.7 Å². The van der Waals surface area contributed by atoms with Crippen LogP contribution >= 0.6 is 0 Å². The molecule has 0 fully saturated rings. The van der Waals surface area contributed by atoms with E-state index in [-0.39, 0.29) is 22.7 Å². The standard InChI is InChI=1S/C32H33BN2O4/c1-5-34(6-2)24-16-14-22(15-17-24)29-30(36)25(31(29)37)19-28-32(3,4)26-12-7-8-13-27(26)35(28)20-21-10-9-11-23(18-21)33(38)39/h7-19,38-39H,5-6,20H2,1-4H3. The Balaban J connectivity index is 1.56. The van der Waals surface area contributed by atoms with Crippen molar-refractivity contribution in [3.8, 4) is 0 Å². The highest BCUT2D eigenvalue weighted by atomic mass is 16.4. The lowest BCUT2D eigenvalue weighted by Crippen LogP contribution is -2.34. The predicted octanol–water partition coefficient (Wildman–Crippen LogP) is 3.07. The fraction of sp³-hybridized carbons (Fsp3) is 0.250. The smallest absolute Gasteiger partial charge is 0.488 e. The van der Waals surface area contributed by atoms with Crippen LogP contribution in [0, 0.1) is 0 Å². The lowest BCUT2D eigenvalue weighted by molar-refractivity contribution is -0.455. The van der Waals surface area contributed by atoms with Crippen LogP contribution in [0.2, 0.25) is 0 Å². The van der Waals surface area contributed by atoms with Crippen molar-refractivity contribution in [3.63, 3.8) is 0 Å². The van der Waals surface area contributed by atoms with E-state index >= 15 is 0 Å². The van der Waals surface area contributed by atoms with Crippen molar-refractivity contribution in [2.24, 2.45) is 0 Å². The number of hydrogen-bond donors (Lipinski definition) is 2. The maximum Gasteiger partial charge on any atom is 0.488 e. The van der Waals surface area contributed by atoms with Crippen LogP contribution in [0.5, 0.6) is 0 Å². The average molecular weight is 520 g/mol. The van der Waals surface area contributed by atoms with Gasteiger partial charge in [0.15, 0.2) is 18.0 Å². The monoisotopic (exact) mass is 520 g/mol. The minimum atomic E-state index is -1.56. The van der Waals surface area contributed by atoms with Gasteiger partial charge in [-0.3, -0.25) is 4.79 Å². The van der Waals surface area contributed by atoms with Crippen molar-refractivity contribution in [1.29, 1.82) is 0 Å². The molecule has 0 unspecified atom stereocenters. The highest BCUT2D eigenvalue weighted by Crippen LogP contribution is 2.42. The first-order chi connectivity index (χ1) is 18.7. The summed E-state index contributed by atoms with van der Waals surface area (Å²) in [7, 11) is -1.56. The van der Waals surface area contributed by atoms with Crippen LogP contribution in [0.1, 0.15) is 44.4 Å². The fourth-order valence-corrected chi connectivity index (χ4v) is 5.68. The predicted molar refractivity (Wildman–Crippen MR) is 154 cm³/mol. The van der Waals surface area contributed by atoms with Gasteiger partial charge < -0.3 is 20.1 Å². The first-order valence-electron chi connectivity index (χ1n) is 13.4. The zero-order valence-corrected chi connectivity index (χ0v) is 22.8. The summed E-state index contributed by atoms with van der Waals surface area (Å²) in [4.78, 5) is 15.6. The molecule has 5 rings (SSSR count). The molecule has 0 bridgehead atoms. The van der Waals surface area contributed by atoms with Crippen LogP contribution < -0.4 is 15.5 Å². The Hall–Kier alpha value is -3.94. The molecule has 0 amide bonds. The number of ketones is 1. The number of fused-ring (bicyclic) bond motifs is 1. The molecule has 1 aliphatic carbocycles. The number of carbonyl (C=O) groups is 1. The summed E-state index contributed by atoms with van der Waals surface area (Å²) in [5.41, 5.74) is 5.94. The third-order valence-electron chi connectivity index (χ3n) is 7.90. The van der Waals surface area contributed by atoms with Gasteiger partial charge in [0.2, 0.25) is 5.69 Å².